The zero-order valence-corrected chi connectivity index (χ0v) is 16.8. The third-order valence-corrected chi connectivity index (χ3v) is 5.70. The molecule has 5 rings (SSSR count). The molecule has 0 saturated heterocycles. The lowest BCUT2D eigenvalue weighted by molar-refractivity contribution is 0.0940. The lowest BCUT2D eigenvalue weighted by atomic mass is 9.96. The van der Waals surface area contributed by atoms with Gasteiger partial charge in [0.1, 0.15) is 11.4 Å². The van der Waals surface area contributed by atoms with Crippen LogP contribution in [0.2, 0.25) is 0 Å². The number of benzene rings is 1. The van der Waals surface area contributed by atoms with E-state index < -0.39 is 22.3 Å². The molecule has 160 valence electrons. The van der Waals surface area contributed by atoms with Crippen molar-refractivity contribution < 1.29 is 4.79 Å². The van der Waals surface area contributed by atoms with Crippen LogP contribution in [0.15, 0.2) is 51.0 Å². The predicted octanol–water partition coefficient (Wildman–Crippen LogP) is -0.0110. The van der Waals surface area contributed by atoms with Crippen LogP contribution < -0.4 is 32.4 Å². The van der Waals surface area contributed by atoms with Crippen molar-refractivity contribution in [2.45, 2.75) is 19.5 Å². The molecule has 10 nitrogen and oxygen atoms in total. The summed E-state index contributed by atoms with van der Waals surface area (Å²) in [5.74, 6) is -0.598. The van der Waals surface area contributed by atoms with E-state index in [2.05, 4.69) is 20.3 Å². The fraction of sp³-hybridized carbons (Fsp3) is 0.182. The van der Waals surface area contributed by atoms with Crippen LogP contribution >= 0.6 is 0 Å². The molecule has 0 saturated carbocycles. The first kappa shape index (κ1) is 19.6. The Morgan fingerprint density at radius 2 is 2.00 bits per heavy atom. The summed E-state index contributed by atoms with van der Waals surface area (Å²) in [6.07, 6.45) is 3.63. The highest BCUT2D eigenvalue weighted by molar-refractivity contribution is 5.92. The Hall–Kier alpha value is -4.34. The first-order chi connectivity index (χ1) is 15.4. The van der Waals surface area contributed by atoms with Gasteiger partial charge in [-0.2, -0.15) is 0 Å². The fourth-order valence-corrected chi connectivity index (χ4v) is 3.99. The van der Waals surface area contributed by atoms with Gasteiger partial charge >= 0.3 is 0 Å². The average molecular weight is 430 g/mol. The molecule has 0 spiro atoms. The third-order valence-electron chi connectivity index (χ3n) is 5.70. The first-order valence-corrected chi connectivity index (χ1v) is 9.99. The van der Waals surface area contributed by atoms with Crippen LogP contribution in [0.1, 0.15) is 27.3 Å². The number of amides is 1. The molecule has 4 N–H and O–H groups in total. The molecular weight excluding hydrogens is 412 g/mol. The second-order valence-corrected chi connectivity index (χ2v) is 7.69. The molecule has 0 atom stereocenters. The van der Waals surface area contributed by atoms with Gasteiger partial charge in [-0.1, -0.05) is 18.2 Å². The number of aromatic amines is 1. The van der Waals surface area contributed by atoms with Crippen LogP contribution in [-0.4, -0.2) is 27.4 Å². The number of nitrogens with one attached hydrogen (secondary N) is 2. The van der Waals surface area contributed by atoms with Crippen molar-refractivity contribution in [2.24, 2.45) is 0 Å². The average Bonchev–Trinajstić information content (AvgIpc) is 2.82. The van der Waals surface area contributed by atoms with Gasteiger partial charge in [0.05, 0.1) is 17.1 Å². The minimum absolute atomic E-state index is 0.0222. The van der Waals surface area contributed by atoms with Gasteiger partial charge in [0.25, 0.3) is 22.3 Å². The van der Waals surface area contributed by atoms with Crippen molar-refractivity contribution in [1.29, 1.82) is 0 Å². The molecule has 0 aliphatic carbocycles. The van der Waals surface area contributed by atoms with Gasteiger partial charge in [0, 0.05) is 25.8 Å². The number of nitrogens with two attached hydrogens (primary N) is 1. The summed E-state index contributed by atoms with van der Waals surface area (Å²) in [4.78, 5) is 60.4. The van der Waals surface area contributed by atoms with Crippen LogP contribution in [0.3, 0.4) is 0 Å². The number of fused-ring (bicyclic) bond motifs is 2. The number of pyridine rings is 1. The maximum Gasteiger partial charge on any atom is 0.287 e. The van der Waals surface area contributed by atoms with E-state index in [0.717, 1.165) is 23.1 Å². The number of H-pyrrole nitrogens is 1. The second kappa shape index (κ2) is 7.41. The lowest BCUT2D eigenvalue weighted by Crippen LogP contribution is -2.44. The molecule has 0 unspecified atom stereocenters. The summed E-state index contributed by atoms with van der Waals surface area (Å²) in [5, 5.41) is 3.12. The Labute approximate surface area is 180 Å². The zero-order valence-electron chi connectivity index (χ0n) is 16.8. The van der Waals surface area contributed by atoms with Crippen molar-refractivity contribution in [3.05, 3.63) is 90.0 Å². The zero-order chi connectivity index (χ0) is 22.4. The van der Waals surface area contributed by atoms with Crippen molar-refractivity contribution >= 4 is 28.2 Å². The number of hydrogen-bond acceptors (Lipinski definition) is 8. The number of hydrogen-bond donors (Lipinski definition) is 3. The molecule has 32 heavy (non-hydrogen) atoms. The summed E-state index contributed by atoms with van der Waals surface area (Å²) in [6.45, 7) is 1.29. The molecule has 4 aromatic rings. The van der Waals surface area contributed by atoms with Crippen molar-refractivity contribution in [1.82, 2.24) is 20.3 Å². The minimum atomic E-state index is -0.626. The SMILES string of the molecule is Nc1c(N2CCc3ccc(CNC(=O)c4nc5cnccc5c(=O)[nH]4)cc3C2)c(=O)c1=O. The summed E-state index contributed by atoms with van der Waals surface area (Å²) < 4.78 is 0. The summed E-state index contributed by atoms with van der Waals surface area (Å²) in [6, 6.07) is 7.39. The molecule has 0 bridgehead atoms. The van der Waals surface area contributed by atoms with Crippen LogP contribution in [-0.2, 0) is 19.5 Å². The predicted molar refractivity (Wildman–Crippen MR) is 118 cm³/mol. The minimum Gasteiger partial charge on any atom is -0.394 e. The molecule has 1 amide bonds. The van der Waals surface area contributed by atoms with Crippen molar-refractivity contribution in [3.8, 4) is 0 Å². The maximum absolute atomic E-state index is 12.5. The Morgan fingerprint density at radius 1 is 1.16 bits per heavy atom. The number of aromatic nitrogens is 3. The van der Waals surface area contributed by atoms with Gasteiger partial charge in [0.15, 0.2) is 5.82 Å². The van der Waals surface area contributed by atoms with E-state index >= 15 is 0 Å². The number of carbonyl (C=O) groups excluding carboxylic acids is 1. The monoisotopic (exact) mass is 430 g/mol. The van der Waals surface area contributed by atoms with Gasteiger partial charge in [-0.25, -0.2) is 4.98 Å². The van der Waals surface area contributed by atoms with Crippen LogP contribution in [0.25, 0.3) is 10.9 Å². The lowest BCUT2D eigenvalue weighted by Gasteiger charge is -2.32. The first-order valence-electron chi connectivity index (χ1n) is 9.99. The quantitative estimate of drug-likeness (QED) is 0.383. The fourth-order valence-electron chi connectivity index (χ4n) is 3.99. The van der Waals surface area contributed by atoms with E-state index in [9.17, 15) is 19.2 Å². The maximum atomic E-state index is 12.5. The second-order valence-electron chi connectivity index (χ2n) is 7.69. The molecule has 10 heteroatoms. The molecule has 1 aliphatic rings. The van der Waals surface area contributed by atoms with Crippen LogP contribution in [0, 0.1) is 0 Å². The molecule has 2 aromatic heterocycles. The summed E-state index contributed by atoms with van der Waals surface area (Å²) >= 11 is 0. The Morgan fingerprint density at radius 3 is 2.81 bits per heavy atom. The van der Waals surface area contributed by atoms with Crippen molar-refractivity contribution in [2.75, 3.05) is 17.2 Å². The Kier molecular flexibility index (Phi) is 4.54. The summed E-state index contributed by atoms with van der Waals surface area (Å²) in [5.41, 5.74) is 7.77. The van der Waals surface area contributed by atoms with Gasteiger partial charge in [-0.15, -0.1) is 0 Å². The highest BCUT2D eigenvalue weighted by atomic mass is 16.2. The standard InChI is InChI=1S/C22H18N6O4/c23-16-17(19(30)18(16)29)28-6-4-12-2-1-11(7-13(12)10-28)8-25-22(32)20-26-15-9-24-5-3-14(15)21(31)27-20/h1-3,5,7,9H,4,6,8,10,23H2,(H,25,32)(H,26,27,31). The molecular formula is C22H18N6O4. The number of rotatable bonds is 4. The van der Waals surface area contributed by atoms with E-state index in [1.807, 2.05) is 23.1 Å². The number of anilines is 2. The summed E-state index contributed by atoms with van der Waals surface area (Å²) in [7, 11) is 0. The smallest absolute Gasteiger partial charge is 0.287 e. The molecule has 1 aliphatic heterocycles. The van der Waals surface area contributed by atoms with Gasteiger partial charge in [0.2, 0.25) is 0 Å². The van der Waals surface area contributed by atoms with Gasteiger partial charge in [-0.05, 0) is 29.2 Å². The number of nitrogen functional groups attached to an aromatic ring is 1. The van der Waals surface area contributed by atoms with Crippen LogP contribution in [0.4, 0.5) is 11.4 Å². The van der Waals surface area contributed by atoms with E-state index in [4.69, 9.17) is 5.73 Å². The normalized spacial score (nSPS) is 13.3. The molecule has 2 aromatic carbocycles. The highest BCUT2D eigenvalue weighted by Gasteiger charge is 2.26. The van der Waals surface area contributed by atoms with E-state index in [1.165, 1.54) is 18.5 Å². The van der Waals surface area contributed by atoms with Crippen molar-refractivity contribution in [3.63, 3.8) is 0 Å². The van der Waals surface area contributed by atoms with Crippen LogP contribution in [0.5, 0.6) is 0 Å². The molecule has 0 fully saturated rings. The number of carbonyl (C=O) groups is 1. The topological polar surface area (TPSA) is 151 Å². The molecule has 0 radical (unpaired) electrons. The Bertz CT molecular complexity index is 1520. The van der Waals surface area contributed by atoms with Gasteiger partial charge in [-0.3, -0.25) is 24.2 Å². The van der Waals surface area contributed by atoms with E-state index in [-0.39, 0.29) is 18.1 Å². The largest absolute Gasteiger partial charge is 0.394 e. The molecule has 3 heterocycles. The van der Waals surface area contributed by atoms with E-state index in [1.54, 1.807) is 0 Å². The number of nitrogens with zero attached hydrogens (tertiary/aromatic N) is 3. The highest BCUT2D eigenvalue weighted by Crippen LogP contribution is 2.26. The van der Waals surface area contributed by atoms with E-state index in [0.29, 0.717) is 29.7 Å². The van der Waals surface area contributed by atoms with Gasteiger partial charge < -0.3 is 20.9 Å². The third kappa shape index (κ3) is 3.22. The Balaban J connectivity index is 1.32.